The van der Waals surface area contributed by atoms with E-state index in [9.17, 15) is 19.5 Å². The summed E-state index contributed by atoms with van der Waals surface area (Å²) in [4.78, 5) is 43.1. The smallest absolute Gasteiger partial charge is 0.245 e. The van der Waals surface area contributed by atoms with Gasteiger partial charge >= 0.3 is 0 Å². The van der Waals surface area contributed by atoms with Gasteiger partial charge < -0.3 is 20.6 Å². The zero-order valence-electron chi connectivity index (χ0n) is 21.8. The minimum Gasteiger partial charge on any atom is -0.394 e. The van der Waals surface area contributed by atoms with Crippen LogP contribution in [0.5, 0.6) is 0 Å². The molecule has 3 aliphatic heterocycles. The number of nitrogens with zero attached hydrogens (tertiary/aromatic N) is 4. The predicted molar refractivity (Wildman–Crippen MR) is 140 cm³/mol. The number of hydrogen-bond acceptors (Lipinski definition) is 7. The van der Waals surface area contributed by atoms with Gasteiger partial charge in [0.2, 0.25) is 17.7 Å². The van der Waals surface area contributed by atoms with Crippen LogP contribution in [0.4, 0.5) is 0 Å². The number of likely N-dealkylation sites (tertiary alicyclic amines) is 1. The number of aliphatic hydroxyl groups excluding tert-OH is 1. The third-order valence-corrected chi connectivity index (χ3v) is 10.5. The topological polar surface area (TPSA) is 129 Å². The Kier molecular flexibility index (Phi) is 6.95. The van der Waals surface area contributed by atoms with Crippen molar-refractivity contribution >= 4 is 40.5 Å². The van der Waals surface area contributed by atoms with Crippen LogP contribution in [0, 0.1) is 23.7 Å². The number of amides is 3. The van der Waals surface area contributed by atoms with Gasteiger partial charge in [0.15, 0.2) is 0 Å². The van der Waals surface area contributed by atoms with Crippen molar-refractivity contribution in [2.45, 2.75) is 69.3 Å². The highest BCUT2D eigenvalue weighted by molar-refractivity contribution is 8.02. The molecule has 11 heteroatoms. The van der Waals surface area contributed by atoms with Gasteiger partial charge in [0.25, 0.3) is 0 Å². The van der Waals surface area contributed by atoms with Crippen LogP contribution < -0.4 is 10.6 Å². The first kappa shape index (κ1) is 26.0. The second-order valence-electron chi connectivity index (χ2n) is 10.9. The zero-order chi connectivity index (χ0) is 26.5. The summed E-state index contributed by atoms with van der Waals surface area (Å²) in [5.74, 6) is -1.67. The highest BCUT2D eigenvalue weighted by Gasteiger charge is 2.76. The number of fused-ring (bicyclic) bond motifs is 2. The number of para-hydroxylation sites is 1. The maximum Gasteiger partial charge on any atom is 0.245 e. The standard InChI is InChI=1S/C26H36N6O4S/c1-5-10-27-23(34)20-19-11-15(4)26(37-19)21(20)25(36)32(18(12-33)14(2)3)22(26)24(35)28-13-31-17-9-7-6-8-16(17)29-30-31/h6-9,14-15,18-22,33H,5,10-13H2,1-4H3,(H,27,34)(H,28,35)/t15?,18-,19+,20-,21-,22?,26?/m0/s1. The number of nitrogens with one attached hydrogen (secondary N) is 2. The molecular weight excluding hydrogens is 492 g/mol. The third kappa shape index (κ3) is 3.93. The fourth-order valence-corrected chi connectivity index (χ4v) is 9.09. The normalized spacial score (nSPS) is 31.2. The highest BCUT2D eigenvalue weighted by Crippen LogP contribution is 2.68. The van der Waals surface area contributed by atoms with Gasteiger partial charge in [-0.25, -0.2) is 4.68 Å². The van der Waals surface area contributed by atoms with Crippen molar-refractivity contribution in [1.29, 1.82) is 0 Å². The van der Waals surface area contributed by atoms with Gasteiger partial charge in [0, 0.05) is 11.8 Å². The minimum absolute atomic E-state index is 0.0101. The molecule has 1 spiro atoms. The summed E-state index contributed by atoms with van der Waals surface area (Å²) in [6, 6.07) is 6.19. The largest absolute Gasteiger partial charge is 0.394 e. The van der Waals surface area contributed by atoms with E-state index < -0.39 is 28.7 Å². The lowest BCUT2D eigenvalue weighted by molar-refractivity contribution is -0.143. The summed E-state index contributed by atoms with van der Waals surface area (Å²) < 4.78 is 0.895. The first-order valence-electron chi connectivity index (χ1n) is 13.2. The molecule has 3 N–H and O–H groups in total. The Balaban J connectivity index is 1.50. The van der Waals surface area contributed by atoms with Crippen LogP contribution in [0.3, 0.4) is 0 Å². The number of benzene rings is 1. The SMILES string of the molecule is CCCNC(=O)[C@@H]1[C@H]2C(=O)N([C@@H](CO)C(C)C)C(C(=O)NCn3nnc4ccccc43)C23S[C@@H]1CC3C. The van der Waals surface area contributed by atoms with Crippen LogP contribution in [0.25, 0.3) is 11.0 Å². The molecule has 1 aromatic carbocycles. The lowest BCUT2D eigenvalue weighted by Gasteiger charge is -2.40. The van der Waals surface area contributed by atoms with E-state index in [4.69, 9.17) is 0 Å². The molecule has 0 radical (unpaired) electrons. The van der Waals surface area contributed by atoms with E-state index >= 15 is 0 Å². The van der Waals surface area contributed by atoms with Crippen molar-refractivity contribution in [3.63, 3.8) is 0 Å². The molecule has 0 aliphatic carbocycles. The van der Waals surface area contributed by atoms with Gasteiger partial charge in [-0.05, 0) is 36.8 Å². The van der Waals surface area contributed by atoms with Crippen LogP contribution >= 0.6 is 11.8 Å². The number of aromatic nitrogens is 3. The third-order valence-electron chi connectivity index (χ3n) is 8.42. The van der Waals surface area contributed by atoms with Crippen LogP contribution in [0.1, 0.15) is 40.5 Å². The number of carbonyl (C=O) groups is 3. The van der Waals surface area contributed by atoms with Crippen LogP contribution in [0.2, 0.25) is 0 Å². The molecular formula is C26H36N6O4S. The maximum atomic E-state index is 14.1. The molecule has 2 aromatic rings. The second-order valence-corrected chi connectivity index (χ2v) is 12.4. The van der Waals surface area contributed by atoms with Gasteiger partial charge in [-0.3, -0.25) is 14.4 Å². The molecule has 3 amide bonds. The average molecular weight is 529 g/mol. The summed E-state index contributed by atoms with van der Waals surface area (Å²) in [7, 11) is 0. The van der Waals surface area contributed by atoms with Crippen LogP contribution in [-0.4, -0.2) is 78.0 Å². The lowest BCUT2D eigenvalue weighted by atomic mass is 9.66. The molecule has 10 nitrogen and oxygen atoms in total. The van der Waals surface area contributed by atoms with E-state index in [-0.39, 0.29) is 48.1 Å². The first-order valence-corrected chi connectivity index (χ1v) is 14.1. The van der Waals surface area contributed by atoms with E-state index in [0.717, 1.165) is 23.9 Å². The van der Waals surface area contributed by atoms with Gasteiger partial charge in [-0.1, -0.05) is 45.0 Å². The zero-order valence-corrected chi connectivity index (χ0v) is 22.6. The summed E-state index contributed by atoms with van der Waals surface area (Å²) in [6.45, 7) is 8.37. The fourth-order valence-electron chi connectivity index (χ4n) is 6.69. The Bertz CT molecular complexity index is 1200. The van der Waals surface area contributed by atoms with Crippen LogP contribution in [0.15, 0.2) is 24.3 Å². The molecule has 3 fully saturated rings. The molecule has 5 rings (SSSR count). The van der Waals surface area contributed by atoms with Crippen molar-refractivity contribution < 1.29 is 19.5 Å². The van der Waals surface area contributed by atoms with Gasteiger partial charge in [0.05, 0.1) is 34.7 Å². The quantitative estimate of drug-likeness (QED) is 0.448. The Morgan fingerprint density at radius 3 is 2.70 bits per heavy atom. The minimum atomic E-state index is -0.798. The average Bonchev–Trinajstić information content (AvgIpc) is 3.59. The number of carbonyl (C=O) groups excluding carboxylic acids is 3. The first-order chi connectivity index (χ1) is 17.8. The monoisotopic (exact) mass is 528 g/mol. The van der Waals surface area contributed by atoms with Gasteiger partial charge in [0.1, 0.15) is 18.2 Å². The molecule has 4 heterocycles. The summed E-state index contributed by atoms with van der Waals surface area (Å²) in [5, 5.41) is 24.7. The van der Waals surface area contributed by atoms with Crippen molar-refractivity contribution in [1.82, 2.24) is 30.5 Å². The van der Waals surface area contributed by atoms with E-state index in [1.165, 1.54) is 0 Å². The fraction of sp³-hybridized carbons (Fsp3) is 0.654. The Morgan fingerprint density at radius 2 is 2.00 bits per heavy atom. The number of hydrogen-bond donors (Lipinski definition) is 3. The van der Waals surface area contributed by atoms with E-state index in [0.29, 0.717) is 6.54 Å². The van der Waals surface area contributed by atoms with Crippen molar-refractivity contribution in [3.05, 3.63) is 24.3 Å². The summed E-state index contributed by atoms with van der Waals surface area (Å²) in [6.07, 6.45) is 1.58. The summed E-state index contributed by atoms with van der Waals surface area (Å²) >= 11 is 1.64. The molecule has 200 valence electrons. The number of rotatable bonds is 9. The van der Waals surface area contributed by atoms with Crippen molar-refractivity contribution in [2.75, 3.05) is 13.2 Å². The molecule has 1 aromatic heterocycles. The van der Waals surface area contributed by atoms with Crippen molar-refractivity contribution in [2.24, 2.45) is 23.7 Å². The Morgan fingerprint density at radius 1 is 1.24 bits per heavy atom. The molecule has 3 aliphatic rings. The van der Waals surface area contributed by atoms with E-state index in [1.54, 1.807) is 21.3 Å². The Hall–Kier alpha value is -2.66. The van der Waals surface area contributed by atoms with E-state index in [1.807, 2.05) is 45.0 Å². The molecule has 37 heavy (non-hydrogen) atoms. The van der Waals surface area contributed by atoms with Gasteiger partial charge in [-0.2, -0.15) is 0 Å². The molecule has 7 atom stereocenters. The molecule has 3 unspecified atom stereocenters. The Labute approximate surface area is 220 Å². The lowest BCUT2D eigenvalue weighted by Crippen LogP contribution is -2.59. The molecule has 3 saturated heterocycles. The number of thioether (sulfide) groups is 1. The highest BCUT2D eigenvalue weighted by atomic mass is 32.2. The van der Waals surface area contributed by atoms with Gasteiger partial charge in [-0.15, -0.1) is 16.9 Å². The number of aliphatic hydroxyl groups is 1. The second kappa shape index (κ2) is 9.90. The maximum absolute atomic E-state index is 14.1. The molecule has 2 bridgehead atoms. The predicted octanol–water partition coefficient (Wildman–Crippen LogP) is 1.39. The summed E-state index contributed by atoms with van der Waals surface area (Å²) in [5.41, 5.74) is 1.53. The molecule has 0 saturated carbocycles. The van der Waals surface area contributed by atoms with Crippen molar-refractivity contribution in [3.8, 4) is 0 Å². The van der Waals surface area contributed by atoms with E-state index in [2.05, 4.69) is 27.9 Å². The van der Waals surface area contributed by atoms with Crippen LogP contribution in [-0.2, 0) is 21.1 Å².